The molecule has 0 aliphatic rings. The van der Waals surface area contributed by atoms with Crippen molar-refractivity contribution >= 4 is 0 Å². The van der Waals surface area contributed by atoms with E-state index in [1.54, 1.807) is 24.0 Å². The van der Waals surface area contributed by atoms with Crippen LogP contribution in [0.4, 0.5) is 0 Å². The van der Waals surface area contributed by atoms with Crippen molar-refractivity contribution in [3.05, 3.63) is 30.2 Å². The van der Waals surface area contributed by atoms with Gasteiger partial charge in [0.2, 0.25) is 0 Å². The normalized spacial score (nSPS) is 13.0. The van der Waals surface area contributed by atoms with E-state index < -0.39 is 6.10 Å². The second-order valence-electron chi connectivity index (χ2n) is 2.93. The van der Waals surface area contributed by atoms with Crippen molar-refractivity contribution in [2.75, 3.05) is 0 Å². The Morgan fingerprint density at radius 3 is 3.07 bits per heavy atom. The lowest BCUT2D eigenvalue weighted by Gasteiger charge is -1.94. The van der Waals surface area contributed by atoms with E-state index >= 15 is 0 Å². The zero-order valence-electron chi connectivity index (χ0n) is 7.66. The zero-order chi connectivity index (χ0) is 9.97. The standard InChI is InChI=1S/C8H10N4O2/c1-6(13)8-10-7(11-14-8)5-12-4-2-3-9-12/h2-4,6,13H,5H2,1H3. The third-order valence-corrected chi connectivity index (χ3v) is 1.70. The minimum absolute atomic E-state index is 0.229. The Morgan fingerprint density at radius 2 is 2.50 bits per heavy atom. The molecule has 0 spiro atoms. The van der Waals surface area contributed by atoms with Crippen molar-refractivity contribution in [2.45, 2.75) is 19.6 Å². The number of aromatic nitrogens is 4. The highest BCUT2D eigenvalue weighted by Gasteiger charge is 2.10. The lowest BCUT2D eigenvalue weighted by Crippen LogP contribution is -2.02. The van der Waals surface area contributed by atoms with E-state index in [2.05, 4.69) is 15.2 Å². The molecular weight excluding hydrogens is 184 g/mol. The molecule has 1 N–H and O–H groups in total. The van der Waals surface area contributed by atoms with Gasteiger partial charge >= 0.3 is 0 Å². The summed E-state index contributed by atoms with van der Waals surface area (Å²) in [5, 5.41) is 16.8. The molecule has 0 aliphatic carbocycles. The maximum atomic E-state index is 9.14. The van der Waals surface area contributed by atoms with Gasteiger partial charge < -0.3 is 9.63 Å². The molecule has 2 rings (SSSR count). The van der Waals surface area contributed by atoms with Gasteiger partial charge in [0.05, 0.1) is 0 Å². The molecular formula is C8H10N4O2. The molecule has 2 aromatic rings. The number of hydrogen-bond acceptors (Lipinski definition) is 5. The van der Waals surface area contributed by atoms with Crippen LogP contribution in [0.5, 0.6) is 0 Å². The molecule has 2 aromatic heterocycles. The quantitative estimate of drug-likeness (QED) is 0.763. The van der Waals surface area contributed by atoms with Crippen LogP contribution in [0.1, 0.15) is 24.7 Å². The summed E-state index contributed by atoms with van der Waals surface area (Å²) in [6.07, 6.45) is 2.75. The van der Waals surface area contributed by atoms with Crippen LogP contribution >= 0.6 is 0 Å². The Labute approximate surface area is 80.2 Å². The highest BCUT2D eigenvalue weighted by molar-refractivity contribution is 4.90. The summed E-state index contributed by atoms with van der Waals surface area (Å²) in [5.41, 5.74) is 0. The van der Waals surface area contributed by atoms with Gasteiger partial charge in [-0.1, -0.05) is 5.16 Å². The summed E-state index contributed by atoms with van der Waals surface area (Å²) in [6.45, 7) is 2.02. The van der Waals surface area contributed by atoms with E-state index in [0.29, 0.717) is 12.4 Å². The molecule has 0 amide bonds. The van der Waals surface area contributed by atoms with Crippen LogP contribution < -0.4 is 0 Å². The Balaban J connectivity index is 2.11. The molecule has 0 saturated heterocycles. The lowest BCUT2D eigenvalue weighted by atomic mass is 10.4. The highest BCUT2D eigenvalue weighted by atomic mass is 16.5. The molecule has 0 aromatic carbocycles. The van der Waals surface area contributed by atoms with E-state index in [4.69, 9.17) is 9.63 Å². The number of nitrogens with zero attached hydrogens (tertiary/aromatic N) is 4. The summed E-state index contributed by atoms with van der Waals surface area (Å²) in [6, 6.07) is 1.82. The van der Waals surface area contributed by atoms with Gasteiger partial charge in [-0.15, -0.1) is 0 Å². The topological polar surface area (TPSA) is 77.0 Å². The molecule has 2 heterocycles. The van der Waals surface area contributed by atoms with Crippen molar-refractivity contribution in [2.24, 2.45) is 0 Å². The number of hydrogen-bond donors (Lipinski definition) is 1. The molecule has 6 heteroatoms. The van der Waals surface area contributed by atoms with Crippen molar-refractivity contribution in [1.29, 1.82) is 0 Å². The van der Waals surface area contributed by atoms with Crippen molar-refractivity contribution in [3.8, 4) is 0 Å². The van der Waals surface area contributed by atoms with Gasteiger partial charge in [0, 0.05) is 12.4 Å². The first-order valence-corrected chi connectivity index (χ1v) is 4.23. The SMILES string of the molecule is CC(O)c1nc(Cn2cccn2)no1. The summed E-state index contributed by atoms with van der Waals surface area (Å²) in [5.74, 6) is 0.733. The van der Waals surface area contributed by atoms with Gasteiger partial charge in [-0.05, 0) is 13.0 Å². The minimum Gasteiger partial charge on any atom is -0.384 e. The molecule has 14 heavy (non-hydrogen) atoms. The summed E-state index contributed by atoms with van der Waals surface area (Å²) in [4.78, 5) is 4.00. The second kappa shape index (κ2) is 3.59. The van der Waals surface area contributed by atoms with E-state index in [9.17, 15) is 0 Å². The van der Waals surface area contributed by atoms with Crippen LogP contribution in [0, 0.1) is 0 Å². The van der Waals surface area contributed by atoms with Crippen LogP contribution in [-0.4, -0.2) is 25.0 Å². The third kappa shape index (κ3) is 1.80. The molecule has 0 radical (unpaired) electrons. The number of aliphatic hydroxyl groups excluding tert-OH is 1. The van der Waals surface area contributed by atoms with E-state index in [1.807, 2.05) is 6.07 Å². The molecule has 0 aliphatic heterocycles. The van der Waals surface area contributed by atoms with Crippen LogP contribution in [0.15, 0.2) is 23.0 Å². The summed E-state index contributed by atoms with van der Waals surface area (Å²) in [7, 11) is 0. The largest absolute Gasteiger partial charge is 0.384 e. The maximum Gasteiger partial charge on any atom is 0.255 e. The monoisotopic (exact) mass is 194 g/mol. The molecule has 0 saturated carbocycles. The number of aliphatic hydroxyl groups is 1. The molecule has 0 bridgehead atoms. The summed E-state index contributed by atoms with van der Waals surface area (Å²) >= 11 is 0. The first-order chi connectivity index (χ1) is 6.75. The highest BCUT2D eigenvalue weighted by Crippen LogP contribution is 2.08. The van der Waals surface area contributed by atoms with Crippen LogP contribution in [0.3, 0.4) is 0 Å². The zero-order valence-corrected chi connectivity index (χ0v) is 7.66. The Bertz CT molecular complexity index is 393. The van der Waals surface area contributed by atoms with Gasteiger partial charge in [-0.25, -0.2) is 0 Å². The van der Waals surface area contributed by atoms with Gasteiger partial charge in [0.1, 0.15) is 12.6 Å². The second-order valence-corrected chi connectivity index (χ2v) is 2.93. The molecule has 1 unspecified atom stereocenters. The molecule has 0 fully saturated rings. The maximum absolute atomic E-state index is 9.14. The fourth-order valence-electron chi connectivity index (χ4n) is 1.04. The van der Waals surface area contributed by atoms with Crippen molar-refractivity contribution in [3.63, 3.8) is 0 Å². The fraction of sp³-hybridized carbons (Fsp3) is 0.375. The van der Waals surface area contributed by atoms with Crippen LogP contribution in [0.2, 0.25) is 0 Å². The predicted octanol–water partition coefficient (Wildman–Crippen LogP) is 0.368. The Morgan fingerprint density at radius 1 is 1.64 bits per heavy atom. The first kappa shape index (κ1) is 8.89. The van der Waals surface area contributed by atoms with Crippen molar-refractivity contribution < 1.29 is 9.63 Å². The van der Waals surface area contributed by atoms with Gasteiger partial charge in [0.25, 0.3) is 5.89 Å². The van der Waals surface area contributed by atoms with E-state index in [0.717, 1.165) is 0 Å². The first-order valence-electron chi connectivity index (χ1n) is 4.23. The van der Waals surface area contributed by atoms with Gasteiger partial charge in [-0.2, -0.15) is 10.1 Å². The van der Waals surface area contributed by atoms with Gasteiger partial charge in [0.15, 0.2) is 5.82 Å². The third-order valence-electron chi connectivity index (χ3n) is 1.70. The van der Waals surface area contributed by atoms with Crippen molar-refractivity contribution in [1.82, 2.24) is 19.9 Å². The van der Waals surface area contributed by atoms with E-state index in [-0.39, 0.29) is 5.89 Å². The summed E-state index contributed by atoms with van der Waals surface area (Å²) < 4.78 is 6.50. The molecule has 74 valence electrons. The Kier molecular flexibility index (Phi) is 2.28. The molecule has 6 nitrogen and oxygen atoms in total. The average molecular weight is 194 g/mol. The number of rotatable bonds is 3. The minimum atomic E-state index is -0.728. The average Bonchev–Trinajstić information content (AvgIpc) is 2.75. The predicted molar refractivity (Wildman–Crippen MR) is 46.3 cm³/mol. The van der Waals surface area contributed by atoms with E-state index in [1.165, 1.54) is 0 Å². The van der Waals surface area contributed by atoms with Gasteiger partial charge in [-0.3, -0.25) is 4.68 Å². The lowest BCUT2D eigenvalue weighted by molar-refractivity contribution is 0.151. The smallest absolute Gasteiger partial charge is 0.255 e. The fourth-order valence-corrected chi connectivity index (χ4v) is 1.04. The Hall–Kier alpha value is -1.69. The molecule has 1 atom stereocenters. The van der Waals surface area contributed by atoms with Crippen LogP contribution in [-0.2, 0) is 6.54 Å². The van der Waals surface area contributed by atoms with Crippen LogP contribution in [0.25, 0.3) is 0 Å².